The average molecular weight is 430 g/mol. The van der Waals surface area contributed by atoms with Crippen LogP contribution in [0.2, 0.25) is 0 Å². The lowest BCUT2D eigenvalue weighted by Gasteiger charge is -2.58. The Bertz CT molecular complexity index is 717. The van der Waals surface area contributed by atoms with E-state index in [-0.39, 0.29) is 11.5 Å². The van der Waals surface area contributed by atoms with Crippen LogP contribution in [0.1, 0.15) is 57.8 Å². The lowest BCUT2D eigenvalue weighted by Crippen LogP contribution is -2.68. The van der Waals surface area contributed by atoms with Gasteiger partial charge in [0.05, 0.1) is 25.0 Å². The van der Waals surface area contributed by atoms with Gasteiger partial charge in [-0.2, -0.15) is 0 Å². The Labute approximate surface area is 186 Å². The number of allylic oxidation sites excluding steroid dienone is 2. The standard InChI is InChI=1S/C25H39N3O3/c1-2-3-4-8-12-27-14-11-22-24(19-27)17-20-10-7-5-6-9-13-28(20)23(24)21(26-29)18-25(22)30-15-16-31-25/h2,7,10,20,22-23,29H,1,3-6,8-9,11-19H2/b10-7-,26-21+/t20-,22+,23-,24-/m0/s1. The number of hydrogen-bond acceptors (Lipinski definition) is 6. The van der Waals surface area contributed by atoms with Gasteiger partial charge in [-0.05, 0) is 71.0 Å². The van der Waals surface area contributed by atoms with Crippen molar-refractivity contribution in [1.29, 1.82) is 0 Å². The molecule has 0 aromatic heterocycles. The summed E-state index contributed by atoms with van der Waals surface area (Å²) < 4.78 is 12.7. The molecule has 4 aliphatic heterocycles. The van der Waals surface area contributed by atoms with Gasteiger partial charge in [0.15, 0.2) is 5.79 Å². The van der Waals surface area contributed by atoms with Crippen molar-refractivity contribution in [2.24, 2.45) is 16.5 Å². The molecular formula is C25H39N3O3. The van der Waals surface area contributed by atoms with Crippen molar-refractivity contribution in [3.8, 4) is 0 Å². The van der Waals surface area contributed by atoms with Gasteiger partial charge >= 0.3 is 0 Å². The molecule has 4 atom stereocenters. The van der Waals surface area contributed by atoms with E-state index in [1.165, 1.54) is 32.1 Å². The molecule has 0 unspecified atom stereocenters. The minimum absolute atomic E-state index is 0.0141. The molecule has 5 rings (SSSR count). The van der Waals surface area contributed by atoms with Crippen molar-refractivity contribution < 1.29 is 14.7 Å². The lowest BCUT2D eigenvalue weighted by atomic mass is 9.56. The van der Waals surface area contributed by atoms with Crippen LogP contribution in [0.15, 0.2) is 30.0 Å². The lowest BCUT2D eigenvalue weighted by molar-refractivity contribution is -0.242. The zero-order valence-corrected chi connectivity index (χ0v) is 18.9. The van der Waals surface area contributed by atoms with Crippen LogP contribution < -0.4 is 0 Å². The maximum Gasteiger partial charge on any atom is 0.177 e. The first-order chi connectivity index (χ1) is 15.2. The molecule has 0 amide bonds. The smallest absolute Gasteiger partial charge is 0.177 e. The Morgan fingerprint density at radius 1 is 1.23 bits per heavy atom. The van der Waals surface area contributed by atoms with Gasteiger partial charge in [-0.1, -0.05) is 23.4 Å². The molecule has 0 bridgehead atoms. The topological polar surface area (TPSA) is 57.5 Å². The highest BCUT2D eigenvalue weighted by molar-refractivity contribution is 5.92. The number of nitrogens with zero attached hydrogens (tertiary/aromatic N) is 3. The SMILES string of the molecule is C=CCCCCN1CC[C@H]2C3(C/C(=N\O)[C@@H]4N5CCCC/C=C\[C@H]5C[C@@]42C1)OCCO3. The highest BCUT2D eigenvalue weighted by atomic mass is 16.7. The summed E-state index contributed by atoms with van der Waals surface area (Å²) in [6.45, 7) is 9.53. The van der Waals surface area contributed by atoms with Crippen LogP contribution in [0, 0.1) is 11.3 Å². The number of ether oxygens (including phenoxy) is 2. The van der Waals surface area contributed by atoms with E-state index in [9.17, 15) is 5.21 Å². The summed E-state index contributed by atoms with van der Waals surface area (Å²) in [5.41, 5.74) is 0.892. The molecule has 0 aromatic carbocycles. The first-order valence-electron chi connectivity index (χ1n) is 12.5. The van der Waals surface area contributed by atoms with Gasteiger partial charge < -0.3 is 19.6 Å². The van der Waals surface area contributed by atoms with Crippen LogP contribution in [-0.2, 0) is 9.47 Å². The molecule has 1 saturated carbocycles. The minimum Gasteiger partial charge on any atom is -0.411 e. The van der Waals surface area contributed by atoms with Gasteiger partial charge in [-0.15, -0.1) is 6.58 Å². The number of unbranched alkanes of at least 4 members (excludes halogenated alkanes) is 2. The molecule has 6 heteroatoms. The predicted octanol–water partition coefficient (Wildman–Crippen LogP) is 3.81. The Morgan fingerprint density at radius 2 is 2.10 bits per heavy atom. The van der Waals surface area contributed by atoms with Crippen molar-refractivity contribution in [2.75, 3.05) is 39.4 Å². The molecule has 3 saturated heterocycles. The van der Waals surface area contributed by atoms with E-state index in [1.54, 1.807) is 0 Å². The van der Waals surface area contributed by atoms with Crippen LogP contribution in [0.5, 0.6) is 0 Å². The van der Waals surface area contributed by atoms with Crippen LogP contribution in [0.3, 0.4) is 0 Å². The summed E-state index contributed by atoms with van der Waals surface area (Å²) >= 11 is 0. The number of fused-ring (bicyclic) bond motifs is 3. The van der Waals surface area contributed by atoms with E-state index in [0.717, 1.165) is 51.2 Å². The third kappa shape index (κ3) is 3.69. The van der Waals surface area contributed by atoms with Crippen molar-refractivity contribution in [1.82, 2.24) is 9.80 Å². The molecule has 1 N–H and O–H groups in total. The Kier molecular flexibility index (Phi) is 6.26. The maximum absolute atomic E-state index is 10.2. The second kappa shape index (κ2) is 8.97. The molecule has 6 nitrogen and oxygen atoms in total. The van der Waals surface area contributed by atoms with Crippen LogP contribution in [0.4, 0.5) is 0 Å². The summed E-state index contributed by atoms with van der Waals surface area (Å²) in [6, 6.07) is 0.603. The minimum atomic E-state index is -0.600. The Hall–Kier alpha value is -1.21. The largest absolute Gasteiger partial charge is 0.411 e. The molecule has 4 heterocycles. The highest BCUT2D eigenvalue weighted by Gasteiger charge is 2.68. The monoisotopic (exact) mass is 429 g/mol. The number of piperidine rings is 1. The fraction of sp³-hybridized carbons (Fsp3) is 0.800. The zero-order chi connectivity index (χ0) is 21.3. The summed E-state index contributed by atoms with van der Waals surface area (Å²) in [5, 5.41) is 14.1. The fourth-order valence-corrected chi connectivity index (χ4v) is 7.44. The van der Waals surface area contributed by atoms with E-state index >= 15 is 0 Å². The van der Waals surface area contributed by atoms with Gasteiger partial charge in [0, 0.05) is 30.3 Å². The molecule has 2 spiro atoms. The van der Waals surface area contributed by atoms with E-state index in [1.807, 2.05) is 6.08 Å². The van der Waals surface area contributed by atoms with Crippen molar-refractivity contribution in [2.45, 2.75) is 75.7 Å². The number of likely N-dealkylation sites (tertiary alicyclic amines) is 1. The summed E-state index contributed by atoms with van der Waals surface area (Å²) in [4.78, 5) is 5.32. The molecule has 1 aliphatic carbocycles. The first-order valence-corrected chi connectivity index (χ1v) is 12.5. The van der Waals surface area contributed by atoms with Crippen LogP contribution >= 0.6 is 0 Å². The highest BCUT2D eigenvalue weighted by Crippen LogP contribution is 2.60. The third-order valence-corrected chi connectivity index (χ3v) is 8.54. The van der Waals surface area contributed by atoms with Gasteiger partial charge in [0.1, 0.15) is 0 Å². The fourth-order valence-electron chi connectivity index (χ4n) is 7.44. The number of oxime groups is 1. The van der Waals surface area contributed by atoms with Crippen molar-refractivity contribution >= 4 is 5.71 Å². The van der Waals surface area contributed by atoms with Crippen molar-refractivity contribution in [3.05, 3.63) is 24.8 Å². The van der Waals surface area contributed by atoms with Gasteiger partial charge in [-0.3, -0.25) is 4.90 Å². The van der Waals surface area contributed by atoms with E-state index in [0.29, 0.717) is 31.6 Å². The first kappa shape index (κ1) is 21.6. The normalized spacial score (nSPS) is 40.1. The maximum atomic E-state index is 10.2. The molecular weight excluding hydrogens is 390 g/mol. The molecule has 4 fully saturated rings. The quantitative estimate of drug-likeness (QED) is 0.312. The second-order valence-corrected chi connectivity index (χ2v) is 10.2. The number of rotatable bonds is 5. The van der Waals surface area contributed by atoms with Gasteiger partial charge in [0.2, 0.25) is 0 Å². The van der Waals surface area contributed by atoms with Gasteiger partial charge in [-0.25, -0.2) is 0 Å². The third-order valence-electron chi connectivity index (χ3n) is 8.54. The van der Waals surface area contributed by atoms with E-state index in [2.05, 4.69) is 33.7 Å². The molecule has 5 aliphatic rings. The summed E-state index contributed by atoms with van der Waals surface area (Å²) in [6.07, 6.45) is 16.8. The van der Waals surface area contributed by atoms with Crippen LogP contribution in [-0.4, -0.2) is 78.0 Å². The second-order valence-electron chi connectivity index (χ2n) is 10.2. The van der Waals surface area contributed by atoms with Gasteiger partial charge in [0.25, 0.3) is 0 Å². The van der Waals surface area contributed by atoms with E-state index in [4.69, 9.17) is 9.47 Å². The zero-order valence-electron chi connectivity index (χ0n) is 18.9. The summed E-state index contributed by atoms with van der Waals surface area (Å²) in [5.74, 6) is -0.249. The van der Waals surface area contributed by atoms with Crippen LogP contribution in [0.25, 0.3) is 0 Å². The number of hydrogen-bond donors (Lipinski definition) is 1. The summed E-state index contributed by atoms with van der Waals surface area (Å²) in [7, 11) is 0. The Balaban J connectivity index is 1.49. The predicted molar refractivity (Wildman–Crippen MR) is 121 cm³/mol. The molecule has 0 radical (unpaired) electrons. The average Bonchev–Trinajstić information content (AvgIpc) is 3.34. The molecule has 0 aromatic rings. The Morgan fingerprint density at radius 3 is 2.90 bits per heavy atom. The van der Waals surface area contributed by atoms with Crippen molar-refractivity contribution in [3.63, 3.8) is 0 Å². The van der Waals surface area contributed by atoms with E-state index < -0.39 is 5.79 Å². The molecule has 31 heavy (non-hydrogen) atoms. The molecule has 172 valence electrons.